The fourth-order valence-corrected chi connectivity index (χ4v) is 2.55. The Hall–Kier alpha value is -2.54. The van der Waals surface area contributed by atoms with Crippen LogP contribution in [-0.2, 0) is 9.47 Å². The van der Waals surface area contributed by atoms with Crippen molar-refractivity contribution >= 4 is 12.1 Å². The van der Waals surface area contributed by atoms with Crippen LogP contribution in [-0.4, -0.2) is 50.4 Å². The zero-order chi connectivity index (χ0) is 16.4. The van der Waals surface area contributed by atoms with E-state index in [0.29, 0.717) is 43.0 Å². The smallest absolute Gasteiger partial charge is 0.417 e. The molecule has 0 unspecified atom stereocenters. The van der Waals surface area contributed by atoms with Gasteiger partial charge >= 0.3 is 18.0 Å². The molecule has 0 spiro atoms. The van der Waals surface area contributed by atoms with E-state index in [0.717, 1.165) is 5.56 Å². The molecule has 3 rings (SSSR count). The second-order valence-corrected chi connectivity index (χ2v) is 5.20. The van der Waals surface area contributed by atoms with Crippen LogP contribution < -0.4 is 4.74 Å². The summed E-state index contributed by atoms with van der Waals surface area (Å²) in [5, 5.41) is 0. The van der Waals surface area contributed by atoms with Crippen LogP contribution >= 0.6 is 0 Å². The lowest BCUT2D eigenvalue weighted by Crippen LogP contribution is -2.42. The third kappa shape index (κ3) is 2.87. The van der Waals surface area contributed by atoms with E-state index in [1.165, 1.54) is 13.4 Å². The maximum absolute atomic E-state index is 12.2. The number of carbonyl (C=O) groups is 2. The lowest BCUT2D eigenvalue weighted by Gasteiger charge is -2.25. The topological polar surface area (TPSA) is 78.2 Å². The van der Waals surface area contributed by atoms with Gasteiger partial charge in [0.15, 0.2) is 0 Å². The van der Waals surface area contributed by atoms with Crippen LogP contribution in [0.15, 0.2) is 22.8 Å². The molecule has 23 heavy (non-hydrogen) atoms. The van der Waals surface area contributed by atoms with E-state index in [1.807, 2.05) is 13.0 Å². The molecule has 1 amide bonds. The molecule has 1 fully saturated rings. The second-order valence-electron chi connectivity index (χ2n) is 5.20. The quantitative estimate of drug-likeness (QED) is 0.790. The first kappa shape index (κ1) is 15.4. The minimum Gasteiger partial charge on any atom is -0.465 e. The van der Waals surface area contributed by atoms with Crippen molar-refractivity contribution in [2.24, 2.45) is 0 Å². The van der Waals surface area contributed by atoms with Gasteiger partial charge in [-0.3, -0.25) is 0 Å². The molecular weight excluding hydrogens is 302 g/mol. The Kier molecular flexibility index (Phi) is 4.20. The number of amides is 1. The van der Waals surface area contributed by atoms with E-state index in [-0.39, 0.29) is 5.95 Å². The van der Waals surface area contributed by atoms with E-state index in [2.05, 4.69) is 0 Å². The first-order valence-electron chi connectivity index (χ1n) is 7.25. The number of hydrogen-bond acceptors (Lipinski definition) is 6. The standard InChI is InChI=1S/C16H17NO6/c1-10-3-4-11-12(14(18)20-2)9-22-15(13(10)11)23-16(19)17-5-7-21-8-6-17/h3-4,9H,5-8H2,1-2H3. The second kappa shape index (κ2) is 6.29. The third-order valence-corrected chi connectivity index (χ3v) is 3.80. The van der Waals surface area contributed by atoms with Gasteiger partial charge < -0.3 is 23.5 Å². The van der Waals surface area contributed by atoms with Gasteiger partial charge in [0.25, 0.3) is 0 Å². The maximum atomic E-state index is 12.2. The predicted octanol–water partition coefficient (Wildman–Crippen LogP) is 2.31. The van der Waals surface area contributed by atoms with Crippen molar-refractivity contribution in [1.82, 2.24) is 4.90 Å². The normalized spacial score (nSPS) is 14.8. The van der Waals surface area contributed by atoms with Crippen LogP contribution in [0.4, 0.5) is 4.79 Å². The fraction of sp³-hybridized carbons (Fsp3) is 0.375. The molecule has 0 aromatic carbocycles. The summed E-state index contributed by atoms with van der Waals surface area (Å²) in [7, 11) is 1.30. The summed E-state index contributed by atoms with van der Waals surface area (Å²) >= 11 is 0. The van der Waals surface area contributed by atoms with Crippen molar-refractivity contribution < 1.29 is 28.2 Å². The number of esters is 1. The minimum atomic E-state index is -0.504. The lowest BCUT2D eigenvalue weighted by molar-refractivity contribution is 0.0392. The maximum Gasteiger partial charge on any atom is 0.417 e. The van der Waals surface area contributed by atoms with E-state index in [4.69, 9.17) is 18.6 Å². The molecule has 0 radical (unpaired) electrons. The van der Waals surface area contributed by atoms with Crippen molar-refractivity contribution in [3.05, 3.63) is 29.5 Å². The van der Waals surface area contributed by atoms with Gasteiger partial charge in [0.05, 0.1) is 25.9 Å². The first-order chi connectivity index (χ1) is 11.1. The van der Waals surface area contributed by atoms with Crippen LogP contribution in [0.5, 0.6) is 5.95 Å². The van der Waals surface area contributed by atoms with Crippen LogP contribution in [0.1, 0.15) is 15.9 Å². The number of carbonyl (C=O) groups excluding carboxylic acids is 2. The first-order valence-corrected chi connectivity index (χ1v) is 7.25. The van der Waals surface area contributed by atoms with Crippen LogP contribution in [0.2, 0.25) is 0 Å². The minimum absolute atomic E-state index is 0.0756. The molecule has 0 N–H and O–H groups in total. The number of morpholine rings is 1. The lowest BCUT2D eigenvalue weighted by atomic mass is 10.1. The number of rotatable bonds is 2. The highest BCUT2D eigenvalue weighted by atomic mass is 16.6. The van der Waals surface area contributed by atoms with E-state index in [1.54, 1.807) is 11.0 Å². The molecule has 1 saturated heterocycles. The fourth-order valence-electron chi connectivity index (χ4n) is 2.55. The van der Waals surface area contributed by atoms with Gasteiger partial charge in [-0.05, 0) is 12.5 Å². The molecule has 0 aromatic heterocycles. The highest BCUT2D eigenvalue weighted by Gasteiger charge is 2.27. The summed E-state index contributed by atoms with van der Waals surface area (Å²) in [5.41, 5.74) is 2.36. The Morgan fingerprint density at radius 3 is 2.65 bits per heavy atom. The van der Waals surface area contributed by atoms with Crippen LogP contribution in [0.3, 0.4) is 0 Å². The zero-order valence-electron chi connectivity index (χ0n) is 13.0. The predicted molar refractivity (Wildman–Crippen MR) is 79.8 cm³/mol. The number of methoxy groups -OCH3 is 1. The number of ether oxygens (including phenoxy) is 3. The molecule has 7 nitrogen and oxygen atoms in total. The molecule has 3 aliphatic rings. The van der Waals surface area contributed by atoms with Gasteiger partial charge in [-0.15, -0.1) is 0 Å². The summed E-state index contributed by atoms with van der Waals surface area (Å²) in [4.78, 5) is 25.6. The Balaban J connectivity index is 1.90. The molecule has 1 aliphatic carbocycles. The van der Waals surface area contributed by atoms with E-state index in [9.17, 15) is 9.59 Å². The Morgan fingerprint density at radius 1 is 1.22 bits per heavy atom. The molecule has 2 aliphatic heterocycles. The SMILES string of the molecule is COC(=O)c1coc(OC(=O)N2CCOCC2)c2c(C)ccc1-2. The van der Waals surface area contributed by atoms with Gasteiger partial charge in [0.2, 0.25) is 0 Å². The summed E-state index contributed by atoms with van der Waals surface area (Å²) in [6.07, 6.45) is 0.750. The molecule has 0 bridgehead atoms. The van der Waals surface area contributed by atoms with Crippen molar-refractivity contribution in [2.75, 3.05) is 33.4 Å². The van der Waals surface area contributed by atoms with Crippen LogP contribution in [0, 0.1) is 6.92 Å². The Bertz CT molecular complexity index is 701. The molecule has 0 aromatic rings. The van der Waals surface area contributed by atoms with Crippen LogP contribution in [0.25, 0.3) is 11.1 Å². The third-order valence-electron chi connectivity index (χ3n) is 3.80. The van der Waals surface area contributed by atoms with E-state index >= 15 is 0 Å². The highest BCUT2D eigenvalue weighted by Crippen LogP contribution is 2.39. The number of fused-ring (bicyclic) bond motifs is 1. The molecule has 0 atom stereocenters. The summed E-state index contributed by atoms with van der Waals surface area (Å²) < 4.78 is 20.7. The molecule has 0 saturated carbocycles. The van der Waals surface area contributed by atoms with Gasteiger partial charge in [0, 0.05) is 18.7 Å². The average molecular weight is 319 g/mol. The summed E-state index contributed by atoms with van der Waals surface area (Å²) in [5.74, 6) is -0.429. The van der Waals surface area contributed by atoms with Gasteiger partial charge in [-0.25, -0.2) is 9.59 Å². The molecule has 7 heteroatoms. The van der Waals surface area contributed by atoms with Gasteiger partial charge in [-0.2, -0.15) is 0 Å². The summed E-state index contributed by atoms with van der Waals surface area (Å²) in [6, 6.07) is 3.61. The number of nitrogens with zero attached hydrogens (tertiary/aromatic N) is 1. The van der Waals surface area contributed by atoms with Crippen molar-refractivity contribution in [3.63, 3.8) is 0 Å². The zero-order valence-corrected chi connectivity index (χ0v) is 13.0. The van der Waals surface area contributed by atoms with E-state index < -0.39 is 12.1 Å². The molecule has 122 valence electrons. The molecule has 2 heterocycles. The Labute approximate surface area is 133 Å². The Morgan fingerprint density at radius 2 is 1.96 bits per heavy atom. The van der Waals surface area contributed by atoms with Crippen molar-refractivity contribution in [3.8, 4) is 17.1 Å². The average Bonchev–Trinajstić information content (AvgIpc) is 2.97. The summed E-state index contributed by atoms with van der Waals surface area (Å²) in [6.45, 7) is 3.77. The largest absolute Gasteiger partial charge is 0.465 e. The van der Waals surface area contributed by atoms with Gasteiger partial charge in [-0.1, -0.05) is 12.1 Å². The monoisotopic (exact) mass is 319 g/mol. The number of hydrogen-bond donors (Lipinski definition) is 0. The number of aryl methyl sites for hydroxylation is 1. The molecular formula is C16H17NO6. The van der Waals surface area contributed by atoms with Crippen molar-refractivity contribution in [1.29, 1.82) is 0 Å². The van der Waals surface area contributed by atoms with Gasteiger partial charge in [0.1, 0.15) is 11.8 Å². The van der Waals surface area contributed by atoms with Crippen molar-refractivity contribution in [2.45, 2.75) is 6.92 Å². The highest BCUT2D eigenvalue weighted by molar-refractivity contribution is 5.99.